The number of hydrogen-bond donors (Lipinski definition) is 0. The molecule has 0 radical (unpaired) electrons. The summed E-state index contributed by atoms with van der Waals surface area (Å²) in [5.41, 5.74) is -1.11. The van der Waals surface area contributed by atoms with E-state index in [1.807, 2.05) is 0 Å². The Kier molecular flexibility index (Phi) is 4.63. The largest absolute Gasteiger partial charge is 0.586 e. The molecule has 0 spiro atoms. The second-order valence-electron chi connectivity index (χ2n) is 5.75. The van der Waals surface area contributed by atoms with Gasteiger partial charge < -0.3 is 9.47 Å². The van der Waals surface area contributed by atoms with Crippen LogP contribution in [0.4, 0.5) is 22.0 Å². The second-order valence-corrected chi connectivity index (χ2v) is 5.75. The lowest BCUT2D eigenvalue weighted by Crippen LogP contribution is -2.25. The molecule has 4 nitrogen and oxygen atoms in total. The molecule has 2 aromatic rings. The molecule has 0 amide bonds. The first-order valence-electron chi connectivity index (χ1n) is 7.69. The maximum Gasteiger partial charge on any atom is 0.586 e. The summed E-state index contributed by atoms with van der Waals surface area (Å²) >= 11 is 0. The Morgan fingerprint density at radius 3 is 2.07 bits per heavy atom. The van der Waals surface area contributed by atoms with Gasteiger partial charge in [-0.05, 0) is 30.3 Å². The molecule has 0 N–H and O–H groups in total. The van der Waals surface area contributed by atoms with Crippen molar-refractivity contribution in [2.75, 3.05) is 0 Å². The molecule has 0 aromatic heterocycles. The summed E-state index contributed by atoms with van der Waals surface area (Å²) in [4.78, 5) is 24.2. The van der Waals surface area contributed by atoms with E-state index in [2.05, 4.69) is 9.47 Å². The van der Waals surface area contributed by atoms with Gasteiger partial charge in [0.2, 0.25) is 0 Å². The van der Waals surface area contributed by atoms with E-state index in [1.54, 1.807) is 0 Å². The number of halogens is 5. The molecule has 0 fully saturated rings. The van der Waals surface area contributed by atoms with E-state index in [0.29, 0.717) is 0 Å². The van der Waals surface area contributed by atoms with E-state index in [9.17, 15) is 31.5 Å². The average molecular weight is 386 g/mol. The maximum atomic E-state index is 13.0. The molecule has 1 heterocycles. The zero-order valence-electron chi connectivity index (χ0n) is 13.5. The molecule has 9 heteroatoms. The standard InChI is InChI=1S/C18H11F5O4/c19-17(20,21)12-3-1-2-10(8-12)13(24)5-6-14(25)11-4-7-15-16(9-11)27-18(22,23)26-15/h1-4,7-9H,5-6H2. The van der Waals surface area contributed by atoms with Crippen LogP contribution in [-0.4, -0.2) is 17.9 Å². The highest BCUT2D eigenvalue weighted by atomic mass is 19.4. The summed E-state index contributed by atoms with van der Waals surface area (Å²) in [5, 5.41) is 0. The zero-order chi connectivity index (χ0) is 19.8. The Balaban J connectivity index is 1.66. The number of ether oxygens (including phenoxy) is 2. The van der Waals surface area contributed by atoms with E-state index < -0.39 is 29.6 Å². The Labute approximate surface area is 149 Å². The van der Waals surface area contributed by atoms with E-state index in [4.69, 9.17) is 0 Å². The van der Waals surface area contributed by atoms with Crippen molar-refractivity contribution in [2.24, 2.45) is 0 Å². The third kappa shape index (κ3) is 4.24. The number of carbonyl (C=O) groups excluding carboxylic acids is 2. The van der Waals surface area contributed by atoms with E-state index in [0.717, 1.165) is 30.3 Å². The lowest BCUT2D eigenvalue weighted by Gasteiger charge is -2.08. The zero-order valence-corrected chi connectivity index (χ0v) is 13.5. The van der Waals surface area contributed by atoms with Crippen molar-refractivity contribution in [3.63, 3.8) is 0 Å². The van der Waals surface area contributed by atoms with Gasteiger partial charge in [-0.25, -0.2) is 0 Å². The van der Waals surface area contributed by atoms with Crippen LogP contribution < -0.4 is 9.47 Å². The monoisotopic (exact) mass is 386 g/mol. The minimum Gasteiger partial charge on any atom is -0.395 e. The van der Waals surface area contributed by atoms with Crippen molar-refractivity contribution in [3.05, 3.63) is 59.2 Å². The van der Waals surface area contributed by atoms with Gasteiger partial charge in [-0.1, -0.05) is 12.1 Å². The number of rotatable bonds is 5. The molecule has 27 heavy (non-hydrogen) atoms. The molecule has 142 valence electrons. The Morgan fingerprint density at radius 1 is 0.852 bits per heavy atom. The topological polar surface area (TPSA) is 52.6 Å². The van der Waals surface area contributed by atoms with Crippen molar-refractivity contribution < 1.29 is 41.0 Å². The summed E-state index contributed by atoms with van der Waals surface area (Å²) in [6.45, 7) is 0. The highest BCUT2D eigenvalue weighted by Crippen LogP contribution is 2.41. The summed E-state index contributed by atoms with van der Waals surface area (Å²) in [5.74, 6) is -1.72. The maximum absolute atomic E-state index is 13.0. The van der Waals surface area contributed by atoms with Gasteiger partial charge in [0.25, 0.3) is 0 Å². The summed E-state index contributed by atoms with van der Waals surface area (Å²) in [6, 6.07) is 7.33. The molecule has 2 aromatic carbocycles. The van der Waals surface area contributed by atoms with Crippen LogP contribution in [0.25, 0.3) is 0 Å². The van der Waals surface area contributed by atoms with Crippen molar-refractivity contribution in [3.8, 4) is 11.5 Å². The van der Waals surface area contributed by atoms with Crippen molar-refractivity contribution in [1.29, 1.82) is 0 Å². The number of fused-ring (bicyclic) bond motifs is 1. The number of Topliss-reactive ketones (excluding diaryl/α,β-unsaturated/α-hetero) is 2. The number of hydrogen-bond acceptors (Lipinski definition) is 4. The van der Waals surface area contributed by atoms with Crippen LogP contribution in [0.5, 0.6) is 11.5 Å². The molecular weight excluding hydrogens is 375 g/mol. The average Bonchev–Trinajstić information content (AvgIpc) is 2.91. The van der Waals surface area contributed by atoms with Crippen LogP contribution >= 0.6 is 0 Å². The van der Waals surface area contributed by atoms with E-state index in [1.165, 1.54) is 12.1 Å². The van der Waals surface area contributed by atoms with Gasteiger partial charge in [0, 0.05) is 24.0 Å². The normalized spacial score (nSPS) is 14.9. The molecule has 0 saturated heterocycles. The minimum absolute atomic E-state index is 0.0203. The minimum atomic E-state index is -4.58. The first-order chi connectivity index (χ1) is 12.5. The van der Waals surface area contributed by atoms with E-state index >= 15 is 0 Å². The van der Waals surface area contributed by atoms with E-state index in [-0.39, 0.29) is 35.5 Å². The number of alkyl halides is 5. The fraction of sp³-hybridized carbons (Fsp3) is 0.222. The number of carbonyl (C=O) groups is 2. The summed E-state index contributed by atoms with van der Waals surface area (Å²) in [6.07, 6.45) is -9.03. The Morgan fingerprint density at radius 2 is 1.44 bits per heavy atom. The highest BCUT2D eigenvalue weighted by Gasteiger charge is 2.43. The predicted molar refractivity (Wildman–Crippen MR) is 82.0 cm³/mol. The quantitative estimate of drug-likeness (QED) is 0.543. The van der Waals surface area contributed by atoms with Gasteiger partial charge >= 0.3 is 12.5 Å². The van der Waals surface area contributed by atoms with Gasteiger partial charge in [-0.3, -0.25) is 9.59 Å². The number of ketones is 2. The Bertz CT molecular complexity index is 905. The van der Waals surface area contributed by atoms with Crippen LogP contribution in [-0.2, 0) is 6.18 Å². The van der Waals surface area contributed by atoms with Crippen molar-refractivity contribution in [2.45, 2.75) is 25.3 Å². The fourth-order valence-electron chi connectivity index (χ4n) is 2.51. The third-order valence-corrected chi connectivity index (χ3v) is 3.81. The summed E-state index contributed by atoms with van der Waals surface area (Å²) in [7, 11) is 0. The SMILES string of the molecule is O=C(CCC(=O)c1ccc2c(c1)OC(F)(F)O2)c1cccc(C(F)(F)F)c1. The molecule has 0 bridgehead atoms. The van der Waals surface area contributed by atoms with Gasteiger partial charge in [0.1, 0.15) is 0 Å². The lowest BCUT2D eigenvalue weighted by atomic mass is 10.00. The smallest absolute Gasteiger partial charge is 0.395 e. The van der Waals surface area contributed by atoms with Gasteiger partial charge in [-0.2, -0.15) is 13.2 Å². The molecule has 1 aliphatic rings. The second kappa shape index (κ2) is 6.64. The molecule has 1 aliphatic heterocycles. The fourth-order valence-corrected chi connectivity index (χ4v) is 2.51. The van der Waals surface area contributed by atoms with Crippen LogP contribution in [0.2, 0.25) is 0 Å². The molecule has 0 atom stereocenters. The predicted octanol–water partition coefficient (Wildman–Crippen LogP) is 4.87. The molecule has 3 rings (SSSR count). The van der Waals surface area contributed by atoms with Gasteiger partial charge in [-0.15, -0.1) is 8.78 Å². The lowest BCUT2D eigenvalue weighted by molar-refractivity contribution is -0.286. The first kappa shape index (κ1) is 18.8. The Hall–Kier alpha value is -2.97. The molecular formula is C18H11F5O4. The van der Waals surface area contributed by atoms with Crippen LogP contribution in [0, 0.1) is 0 Å². The van der Waals surface area contributed by atoms with Crippen LogP contribution in [0.15, 0.2) is 42.5 Å². The first-order valence-corrected chi connectivity index (χ1v) is 7.69. The van der Waals surface area contributed by atoms with Crippen LogP contribution in [0.1, 0.15) is 39.1 Å². The highest BCUT2D eigenvalue weighted by molar-refractivity contribution is 6.02. The number of benzene rings is 2. The van der Waals surface area contributed by atoms with Crippen LogP contribution in [0.3, 0.4) is 0 Å². The van der Waals surface area contributed by atoms with Gasteiger partial charge in [0.15, 0.2) is 23.1 Å². The molecule has 0 saturated carbocycles. The molecule has 0 aliphatic carbocycles. The van der Waals surface area contributed by atoms with Crippen molar-refractivity contribution in [1.82, 2.24) is 0 Å². The third-order valence-electron chi connectivity index (χ3n) is 3.81. The summed E-state index contributed by atoms with van der Waals surface area (Å²) < 4.78 is 72.5. The molecule has 0 unspecified atom stereocenters. The van der Waals surface area contributed by atoms with Gasteiger partial charge in [0.05, 0.1) is 5.56 Å². The van der Waals surface area contributed by atoms with Crippen molar-refractivity contribution >= 4 is 11.6 Å².